The SMILES string of the molecule is Cn1c(N2C[C@]3(CCc4ccccc43)C(c3ccc(Cl)cc3)=N2)nn(Cc2ccc(Cl)cc2)c1=O. The summed E-state index contributed by atoms with van der Waals surface area (Å²) in [5.74, 6) is 0.525. The Labute approximate surface area is 213 Å². The standard InChI is InChI=1S/C27H23Cl2N5O/c1-32-25(31-33(26(32)35)16-18-6-10-21(28)11-7-18)34-17-27(15-14-19-4-2-3-5-23(19)27)24(30-34)20-8-12-22(29)13-9-20/h2-13H,14-17H2,1H3/t27-/m0/s1. The van der Waals surface area contributed by atoms with Crippen molar-refractivity contribution in [3.8, 4) is 0 Å². The number of aromatic nitrogens is 3. The molecule has 0 fully saturated rings. The number of rotatable bonds is 4. The zero-order valence-electron chi connectivity index (χ0n) is 19.2. The fourth-order valence-electron chi connectivity index (χ4n) is 5.30. The highest BCUT2D eigenvalue weighted by molar-refractivity contribution is 6.31. The summed E-state index contributed by atoms with van der Waals surface area (Å²) in [6.45, 7) is 0.979. The fourth-order valence-corrected chi connectivity index (χ4v) is 5.56. The van der Waals surface area contributed by atoms with Crippen molar-refractivity contribution in [2.24, 2.45) is 12.1 Å². The van der Waals surface area contributed by atoms with E-state index in [9.17, 15) is 4.79 Å². The molecule has 2 aliphatic rings. The van der Waals surface area contributed by atoms with Gasteiger partial charge in [-0.25, -0.2) is 14.5 Å². The maximum atomic E-state index is 13.1. The Bertz CT molecular complexity index is 1500. The molecule has 35 heavy (non-hydrogen) atoms. The molecule has 0 N–H and O–H groups in total. The minimum Gasteiger partial charge on any atom is -0.263 e. The van der Waals surface area contributed by atoms with E-state index in [-0.39, 0.29) is 11.1 Å². The van der Waals surface area contributed by atoms with E-state index < -0.39 is 0 Å². The third kappa shape index (κ3) is 3.68. The van der Waals surface area contributed by atoms with E-state index in [4.69, 9.17) is 33.4 Å². The predicted octanol–water partition coefficient (Wildman–Crippen LogP) is 5.05. The normalized spacial score (nSPS) is 18.8. The Hall–Kier alpha value is -3.35. The lowest BCUT2D eigenvalue weighted by molar-refractivity contribution is 0.581. The number of aryl methyl sites for hydroxylation is 1. The molecule has 1 atom stereocenters. The molecule has 3 aromatic carbocycles. The van der Waals surface area contributed by atoms with Gasteiger partial charge in [0.2, 0.25) is 5.95 Å². The van der Waals surface area contributed by atoms with Crippen molar-refractivity contribution in [3.63, 3.8) is 0 Å². The Morgan fingerprint density at radius 3 is 2.37 bits per heavy atom. The van der Waals surface area contributed by atoms with Gasteiger partial charge in [0.15, 0.2) is 0 Å². The number of hydrogen-bond donors (Lipinski definition) is 0. The first-order valence-electron chi connectivity index (χ1n) is 11.5. The molecule has 176 valence electrons. The van der Waals surface area contributed by atoms with E-state index in [0.29, 0.717) is 29.1 Å². The summed E-state index contributed by atoms with van der Waals surface area (Å²) in [4.78, 5) is 13.1. The molecule has 0 saturated carbocycles. The van der Waals surface area contributed by atoms with Crippen LogP contribution < -0.4 is 10.7 Å². The number of benzene rings is 3. The smallest absolute Gasteiger partial charge is 0.263 e. The van der Waals surface area contributed by atoms with Crippen molar-refractivity contribution >= 4 is 34.9 Å². The maximum absolute atomic E-state index is 13.1. The second kappa shape index (κ2) is 8.40. The molecule has 0 unspecified atom stereocenters. The summed E-state index contributed by atoms with van der Waals surface area (Å²) in [7, 11) is 1.74. The number of hydrazone groups is 1. The minimum absolute atomic E-state index is 0.189. The van der Waals surface area contributed by atoms with Crippen molar-refractivity contribution in [2.75, 3.05) is 11.6 Å². The van der Waals surface area contributed by atoms with Gasteiger partial charge in [-0.1, -0.05) is 71.7 Å². The second-order valence-electron chi connectivity index (χ2n) is 9.18. The van der Waals surface area contributed by atoms with E-state index in [0.717, 1.165) is 29.7 Å². The first kappa shape index (κ1) is 22.1. The van der Waals surface area contributed by atoms with Crippen molar-refractivity contribution in [1.29, 1.82) is 0 Å². The van der Waals surface area contributed by atoms with Gasteiger partial charge >= 0.3 is 5.69 Å². The third-order valence-corrected chi connectivity index (χ3v) is 7.56. The number of nitrogens with zero attached hydrogens (tertiary/aromatic N) is 5. The van der Waals surface area contributed by atoms with Gasteiger partial charge in [0.05, 0.1) is 24.2 Å². The fraction of sp³-hybridized carbons (Fsp3) is 0.222. The molecule has 4 aromatic rings. The van der Waals surface area contributed by atoms with Crippen molar-refractivity contribution in [3.05, 3.63) is 116 Å². The number of hydrogen-bond acceptors (Lipinski definition) is 4. The van der Waals surface area contributed by atoms with Crippen molar-refractivity contribution in [1.82, 2.24) is 14.3 Å². The molecule has 0 radical (unpaired) electrons. The number of fused-ring (bicyclic) bond motifs is 2. The van der Waals surface area contributed by atoms with Crippen LogP contribution in [-0.4, -0.2) is 26.6 Å². The lowest BCUT2D eigenvalue weighted by Gasteiger charge is -2.27. The van der Waals surface area contributed by atoms with Crippen LogP contribution in [0.1, 0.15) is 28.7 Å². The molecule has 1 aromatic heterocycles. The Morgan fingerprint density at radius 2 is 1.63 bits per heavy atom. The van der Waals surface area contributed by atoms with Gasteiger partial charge in [-0.05, 0) is 59.4 Å². The molecule has 2 heterocycles. The van der Waals surface area contributed by atoms with Gasteiger partial charge in [-0.3, -0.25) is 4.57 Å². The largest absolute Gasteiger partial charge is 0.347 e. The molecule has 6 rings (SSSR count). The van der Waals surface area contributed by atoms with Crippen LogP contribution in [-0.2, 0) is 25.4 Å². The highest BCUT2D eigenvalue weighted by Crippen LogP contribution is 2.46. The predicted molar refractivity (Wildman–Crippen MR) is 140 cm³/mol. The Kier molecular flexibility index (Phi) is 5.31. The zero-order valence-corrected chi connectivity index (χ0v) is 20.7. The monoisotopic (exact) mass is 503 g/mol. The molecule has 1 spiro atoms. The molecular formula is C27H23Cl2N5O. The van der Waals surface area contributed by atoms with Gasteiger partial charge in [0, 0.05) is 17.1 Å². The summed E-state index contributed by atoms with van der Waals surface area (Å²) >= 11 is 12.2. The summed E-state index contributed by atoms with van der Waals surface area (Å²) in [6, 6.07) is 23.8. The summed E-state index contributed by atoms with van der Waals surface area (Å²) < 4.78 is 3.04. The quantitative estimate of drug-likeness (QED) is 0.391. The van der Waals surface area contributed by atoms with Gasteiger partial charge in [-0.15, -0.1) is 5.10 Å². The molecule has 8 heteroatoms. The topological polar surface area (TPSA) is 55.4 Å². The minimum atomic E-state index is -0.277. The number of anilines is 1. The van der Waals surface area contributed by atoms with Crippen LogP contribution in [0, 0.1) is 0 Å². The van der Waals surface area contributed by atoms with Crippen LogP contribution in [0.25, 0.3) is 0 Å². The zero-order chi connectivity index (χ0) is 24.2. The van der Waals surface area contributed by atoms with Crippen LogP contribution in [0.15, 0.2) is 82.7 Å². The maximum Gasteiger partial charge on any atom is 0.347 e. The van der Waals surface area contributed by atoms with Crippen LogP contribution in [0.3, 0.4) is 0 Å². The molecule has 0 bridgehead atoms. The highest BCUT2D eigenvalue weighted by atomic mass is 35.5. The second-order valence-corrected chi connectivity index (χ2v) is 10.1. The van der Waals surface area contributed by atoms with Gasteiger partial charge in [-0.2, -0.15) is 5.10 Å². The molecule has 6 nitrogen and oxygen atoms in total. The van der Waals surface area contributed by atoms with Crippen LogP contribution in [0.5, 0.6) is 0 Å². The van der Waals surface area contributed by atoms with Crippen LogP contribution >= 0.6 is 23.2 Å². The van der Waals surface area contributed by atoms with Crippen molar-refractivity contribution < 1.29 is 0 Å². The summed E-state index contributed by atoms with van der Waals surface area (Å²) in [6.07, 6.45) is 1.93. The molecule has 0 saturated heterocycles. The Morgan fingerprint density at radius 1 is 0.943 bits per heavy atom. The van der Waals surface area contributed by atoms with E-state index in [2.05, 4.69) is 24.3 Å². The lowest BCUT2D eigenvalue weighted by Crippen LogP contribution is -2.37. The van der Waals surface area contributed by atoms with Crippen molar-refractivity contribution in [2.45, 2.75) is 24.8 Å². The van der Waals surface area contributed by atoms with Crippen LogP contribution in [0.4, 0.5) is 5.95 Å². The van der Waals surface area contributed by atoms with Gasteiger partial charge < -0.3 is 0 Å². The molecule has 1 aliphatic carbocycles. The first-order chi connectivity index (χ1) is 16.9. The van der Waals surface area contributed by atoms with Crippen LogP contribution in [0.2, 0.25) is 10.0 Å². The third-order valence-electron chi connectivity index (χ3n) is 7.06. The van der Waals surface area contributed by atoms with Gasteiger partial charge in [0.25, 0.3) is 0 Å². The highest BCUT2D eigenvalue weighted by Gasteiger charge is 2.49. The average molecular weight is 504 g/mol. The van der Waals surface area contributed by atoms with E-state index in [1.807, 2.05) is 53.5 Å². The molecule has 0 amide bonds. The summed E-state index contributed by atoms with van der Waals surface area (Å²) in [5.41, 5.74) is 5.14. The van der Waals surface area contributed by atoms with Gasteiger partial charge in [0.1, 0.15) is 0 Å². The average Bonchev–Trinajstić information content (AvgIpc) is 3.52. The molecule has 1 aliphatic heterocycles. The van der Waals surface area contributed by atoms with E-state index in [1.54, 1.807) is 11.6 Å². The lowest BCUT2D eigenvalue weighted by atomic mass is 9.75. The van der Waals surface area contributed by atoms with E-state index in [1.165, 1.54) is 15.8 Å². The first-order valence-corrected chi connectivity index (χ1v) is 12.3. The molecular weight excluding hydrogens is 481 g/mol. The number of halogens is 2. The Balaban J connectivity index is 1.43. The summed E-state index contributed by atoms with van der Waals surface area (Å²) in [5, 5.41) is 13.0. The van der Waals surface area contributed by atoms with E-state index >= 15 is 0 Å².